The molecule has 2 aromatic carbocycles. The zero-order chi connectivity index (χ0) is 12.4. The number of hydrogen-bond donors (Lipinski definition) is 2. The van der Waals surface area contributed by atoms with E-state index in [1.165, 1.54) is 5.56 Å². The van der Waals surface area contributed by atoms with Gasteiger partial charge in [-0.3, -0.25) is 0 Å². The summed E-state index contributed by atoms with van der Waals surface area (Å²) in [5, 5.41) is 3.33. The predicted molar refractivity (Wildman–Crippen MR) is 72.2 cm³/mol. The van der Waals surface area contributed by atoms with Crippen LogP contribution in [-0.4, -0.2) is 4.98 Å². The van der Waals surface area contributed by atoms with Gasteiger partial charge in [-0.1, -0.05) is 30.3 Å². The maximum absolute atomic E-state index is 5.51. The van der Waals surface area contributed by atoms with Crippen molar-refractivity contribution in [3.05, 3.63) is 54.1 Å². The Morgan fingerprint density at radius 2 is 1.94 bits per heavy atom. The lowest BCUT2D eigenvalue weighted by Crippen LogP contribution is -1.98. The van der Waals surface area contributed by atoms with Gasteiger partial charge in [0, 0.05) is 18.3 Å². The van der Waals surface area contributed by atoms with Crippen molar-refractivity contribution in [1.82, 2.24) is 4.98 Å². The molecule has 0 radical (unpaired) electrons. The van der Waals surface area contributed by atoms with Crippen LogP contribution in [0, 0.1) is 0 Å². The van der Waals surface area contributed by atoms with Crippen LogP contribution in [0.5, 0.6) is 0 Å². The van der Waals surface area contributed by atoms with Gasteiger partial charge in [0.15, 0.2) is 5.58 Å². The molecule has 0 atom stereocenters. The topological polar surface area (TPSA) is 64.1 Å². The summed E-state index contributed by atoms with van der Waals surface area (Å²) in [7, 11) is 0. The van der Waals surface area contributed by atoms with E-state index in [-0.39, 0.29) is 6.01 Å². The van der Waals surface area contributed by atoms with Crippen LogP contribution in [0.1, 0.15) is 5.56 Å². The number of nitrogens with two attached hydrogens (primary N) is 1. The standard InChI is InChI=1S/C14H13N3O/c15-14-17-12-7-6-11(8-13(12)18-14)16-9-10-4-2-1-3-5-10/h1-8,16H,9H2,(H2,15,17). The molecular formula is C14H13N3O. The van der Waals surface area contributed by atoms with Crippen LogP contribution in [0.4, 0.5) is 11.7 Å². The Labute approximate surface area is 104 Å². The summed E-state index contributed by atoms with van der Waals surface area (Å²) < 4.78 is 5.29. The van der Waals surface area contributed by atoms with Gasteiger partial charge in [-0.15, -0.1) is 0 Å². The average Bonchev–Trinajstić information content (AvgIpc) is 2.77. The van der Waals surface area contributed by atoms with Gasteiger partial charge in [-0.2, -0.15) is 4.98 Å². The van der Waals surface area contributed by atoms with E-state index in [9.17, 15) is 0 Å². The Morgan fingerprint density at radius 3 is 2.78 bits per heavy atom. The zero-order valence-electron chi connectivity index (χ0n) is 9.76. The molecule has 0 unspecified atom stereocenters. The Bertz CT molecular complexity index is 661. The van der Waals surface area contributed by atoms with Crippen LogP contribution in [0.25, 0.3) is 11.1 Å². The Kier molecular flexibility index (Phi) is 2.61. The molecule has 3 aromatic rings. The number of nitrogens with one attached hydrogen (secondary N) is 1. The monoisotopic (exact) mass is 239 g/mol. The van der Waals surface area contributed by atoms with Crippen LogP contribution in [-0.2, 0) is 6.54 Å². The van der Waals surface area contributed by atoms with Crippen molar-refractivity contribution in [1.29, 1.82) is 0 Å². The van der Waals surface area contributed by atoms with Crippen molar-refractivity contribution in [3.8, 4) is 0 Å². The summed E-state index contributed by atoms with van der Waals surface area (Å²) >= 11 is 0. The van der Waals surface area contributed by atoms with Crippen LogP contribution in [0.3, 0.4) is 0 Å². The largest absolute Gasteiger partial charge is 0.424 e. The van der Waals surface area contributed by atoms with Gasteiger partial charge in [0.2, 0.25) is 0 Å². The van der Waals surface area contributed by atoms with Crippen LogP contribution in [0.15, 0.2) is 52.9 Å². The van der Waals surface area contributed by atoms with Crippen molar-refractivity contribution >= 4 is 22.8 Å². The van der Waals surface area contributed by atoms with Crippen molar-refractivity contribution < 1.29 is 4.42 Å². The van der Waals surface area contributed by atoms with Crippen LogP contribution >= 0.6 is 0 Å². The van der Waals surface area contributed by atoms with E-state index in [1.807, 2.05) is 36.4 Å². The molecule has 1 aromatic heterocycles. The highest BCUT2D eigenvalue weighted by Gasteiger charge is 2.03. The lowest BCUT2D eigenvalue weighted by Gasteiger charge is -2.05. The van der Waals surface area contributed by atoms with E-state index >= 15 is 0 Å². The molecule has 0 saturated heterocycles. The van der Waals surface area contributed by atoms with E-state index in [2.05, 4.69) is 22.4 Å². The predicted octanol–water partition coefficient (Wildman–Crippen LogP) is 3.02. The quantitative estimate of drug-likeness (QED) is 0.737. The molecule has 0 fully saturated rings. The fourth-order valence-electron chi connectivity index (χ4n) is 1.85. The Hall–Kier alpha value is -2.49. The molecule has 4 heteroatoms. The Balaban J connectivity index is 1.78. The molecule has 0 amide bonds. The number of aromatic nitrogens is 1. The molecule has 0 aliphatic heterocycles. The fraction of sp³-hybridized carbons (Fsp3) is 0.0714. The molecule has 0 aliphatic carbocycles. The molecule has 1 heterocycles. The maximum Gasteiger partial charge on any atom is 0.292 e. The zero-order valence-corrected chi connectivity index (χ0v) is 9.76. The summed E-state index contributed by atoms with van der Waals surface area (Å²) in [6.07, 6.45) is 0. The molecule has 3 rings (SSSR count). The smallest absolute Gasteiger partial charge is 0.292 e. The highest BCUT2D eigenvalue weighted by atomic mass is 16.4. The number of rotatable bonds is 3. The van der Waals surface area contributed by atoms with Crippen molar-refractivity contribution in [2.45, 2.75) is 6.54 Å². The van der Waals surface area contributed by atoms with Gasteiger partial charge in [-0.25, -0.2) is 0 Å². The first kappa shape index (κ1) is 10.7. The Morgan fingerprint density at radius 1 is 1.11 bits per heavy atom. The highest BCUT2D eigenvalue weighted by Crippen LogP contribution is 2.21. The number of nitrogen functional groups attached to an aromatic ring is 1. The SMILES string of the molecule is Nc1nc2ccc(NCc3ccccc3)cc2o1. The van der Waals surface area contributed by atoms with E-state index in [4.69, 9.17) is 10.2 Å². The first-order valence-corrected chi connectivity index (χ1v) is 5.75. The van der Waals surface area contributed by atoms with E-state index < -0.39 is 0 Å². The minimum Gasteiger partial charge on any atom is -0.424 e. The molecule has 3 N–H and O–H groups in total. The van der Waals surface area contributed by atoms with Crippen molar-refractivity contribution in [2.24, 2.45) is 0 Å². The number of hydrogen-bond acceptors (Lipinski definition) is 4. The lowest BCUT2D eigenvalue weighted by atomic mass is 10.2. The van der Waals surface area contributed by atoms with Crippen molar-refractivity contribution in [3.63, 3.8) is 0 Å². The minimum absolute atomic E-state index is 0.199. The number of nitrogens with zero attached hydrogens (tertiary/aromatic N) is 1. The third kappa shape index (κ3) is 2.13. The highest BCUT2D eigenvalue weighted by molar-refractivity contribution is 5.78. The minimum atomic E-state index is 0.199. The van der Waals surface area contributed by atoms with Gasteiger partial charge < -0.3 is 15.5 Å². The summed E-state index contributed by atoms with van der Waals surface area (Å²) in [6, 6.07) is 16.2. The maximum atomic E-state index is 5.51. The first-order chi connectivity index (χ1) is 8.81. The van der Waals surface area contributed by atoms with Crippen molar-refractivity contribution in [2.75, 3.05) is 11.1 Å². The summed E-state index contributed by atoms with van der Waals surface area (Å²) in [6.45, 7) is 0.774. The van der Waals surface area contributed by atoms with Gasteiger partial charge in [0.25, 0.3) is 6.01 Å². The second kappa shape index (κ2) is 4.41. The van der Waals surface area contributed by atoms with Crippen LogP contribution in [0.2, 0.25) is 0 Å². The molecular weight excluding hydrogens is 226 g/mol. The normalized spacial score (nSPS) is 10.7. The van der Waals surface area contributed by atoms with E-state index in [1.54, 1.807) is 0 Å². The molecule has 0 aliphatic rings. The lowest BCUT2D eigenvalue weighted by molar-refractivity contribution is 0.626. The summed E-state index contributed by atoms with van der Waals surface area (Å²) in [5.74, 6) is 0. The fourth-order valence-corrected chi connectivity index (χ4v) is 1.85. The number of anilines is 2. The third-order valence-corrected chi connectivity index (χ3v) is 2.74. The second-order valence-corrected chi connectivity index (χ2v) is 4.07. The summed E-state index contributed by atoms with van der Waals surface area (Å²) in [5.41, 5.74) is 9.20. The average molecular weight is 239 g/mol. The first-order valence-electron chi connectivity index (χ1n) is 5.75. The second-order valence-electron chi connectivity index (χ2n) is 4.07. The molecule has 0 spiro atoms. The number of benzene rings is 2. The molecule has 90 valence electrons. The number of oxazole rings is 1. The molecule has 18 heavy (non-hydrogen) atoms. The molecule has 0 saturated carbocycles. The van der Waals surface area contributed by atoms with Gasteiger partial charge in [-0.05, 0) is 17.7 Å². The van der Waals surface area contributed by atoms with Crippen LogP contribution < -0.4 is 11.1 Å². The van der Waals surface area contributed by atoms with E-state index in [0.717, 1.165) is 17.7 Å². The third-order valence-electron chi connectivity index (χ3n) is 2.74. The van der Waals surface area contributed by atoms with Gasteiger partial charge >= 0.3 is 0 Å². The molecule has 4 nitrogen and oxygen atoms in total. The van der Waals surface area contributed by atoms with Gasteiger partial charge in [0.1, 0.15) is 5.52 Å². The number of fused-ring (bicyclic) bond motifs is 1. The van der Waals surface area contributed by atoms with E-state index in [0.29, 0.717) is 5.58 Å². The van der Waals surface area contributed by atoms with Gasteiger partial charge in [0.05, 0.1) is 0 Å². The molecule has 0 bridgehead atoms. The summed E-state index contributed by atoms with van der Waals surface area (Å²) in [4.78, 5) is 4.06.